The Morgan fingerprint density at radius 3 is 2.61 bits per heavy atom. The Labute approximate surface area is 184 Å². The first kappa shape index (κ1) is 21.9. The third-order valence-electron chi connectivity index (χ3n) is 5.55. The molecule has 2 heterocycles. The van der Waals surface area contributed by atoms with Crippen molar-refractivity contribution in [1.82, 2.24) is 8.87 Å². The second-order valence-electron chi connectivity index (χ2n) is 7.74. The highest BCUT2D eigenvalue weighted by molar-refractivity contribution is 7.89. The first-order valence-electron chi connectivity index (χ1n) is 10.2. The van der Waals surface area contributed by atoms with Gasteiger partial charge in [-0.25, -0.2) is 12.8 Å². The van der Waals surface area contributed by atoms with Gasteiger partial charge in [-0.15, -0.1) is 0 Å². The molecule has 0 bridgehead atoms. The number of sulfonamides is 1. The Morgan fingerprint density at radius 2 is 1.94 bits per heavy atom. The molecule has 6 nitrogen and oxygen atoms in total. The van der Waals surface area contributed by atoms with Crippen LogP contribution in [0.3, 0.4) is 0 Å². The predicted octanol–water partition coefficient (Wildman–Crippen LogP) is 3.76. The lowest BCUT2D eigenvalue weighted by Gasteiger charge is -2.21. The molecule has 4 rings (SSSR count). The van der Waals surface area contributed by atoms with E-state index in [9.17, 15) is 17.6 Å². The molecule has 3 aromatic rings. The Hall–Kier alpha value is -2.36. The number of aryl methyl sites for hydroxylation is 3. The number of halogens is 1. The van der Waals surface area contributed by atoms with Crippen LogP contribution in [-0.4, -0.2) is 35.8 Å². The summed E-state index contributed by atoms with van der Waals surface area (Å²) in [5.74, 6) is -0.978. The van der Waals surface area contributed by atoms with E-state index in [1.54, 1.807) is 0 Å². The quantitative estimate of drug-likeness (QED) is 0.594. The maximum Gasteiger partial charge on any atom is 0.266 e. The fourth-order valence-electron chi connectivity index (χ4n) is 4.09. The number of fused-ring (bicyclic) bond motifs is 1. The second-order valence-corrected chi connectivity index (χ2v) is 10.6. The van der Waals surface area contributed by atoms with Gasteiger partial charge in [-0.2, -0.15) is 9.30 Å². The Morgan fingerprint density at radius 1 is 1.23 bits per heavy atom. The van der Waals surface area contributed by atoms with E-state index in [1.807, 2.05) is 25.3 Å². The van der Waals surface area contributed by atoms with Crippen LogP contribution in [0.1, 0.15) is 30.9 Å². The minimum Gasteiger partial charge on any atom is -0.317 e. The number of amides is 1. The van der Waals surface area contributed by atoms with Crippen molar-refractivity contribution in [2.75, 3.05) is 6.54 Å². The number of thiazole rings is 1. The van der Waals surface area contributed by atoms with Gasteiger partial charge in [0.2, 0.25) is 10.0 Å². The standard InChI is InChI=1S/C22H24FN3O3S2/c1-4-25-19-13-14(2)12-15(3)20(19)30-22(25)24-21(27)18-6-5-11-26(18)31(28,29)17-9-7-16(23)8-10-17/h7-10,12-13,18H,4-6,11H2,1-3H3. The average molecular weight is 462 g/mol. The molecule has 0 spiro atoms. The topological polar surface area (TPSA) is 71.7 Å². The molecular weight excluding hydrogens is 437 g/mol. The molecule has 1 atom stereocenters. The zero-order chi connectivity index (χ0) is 22.3. The molecule has 2 aromatic carbocycles. The molecule has 164 valence electrons. The molecule has 1 aliphatic rings. The van der Waals surface area contributed by atoms with E-state index in [0.717, 1.165) is 33.5 Å². The van der Waals surface area contributed by atoms with Gasteiger partial charge in [0.25, 0.3) is 5.91 Å². The van der Waals surface area contributed by atoms with Crippen LogP contribution in [0.4, 0.5) is 4.39 Å². The van der Waals surface area contributed by atoms with Gasteiger partial charge in [-0.1, -0.05) is 17.4 Å². The van der Waals surface area contributed by atoms with Crippen molar-refractivity contribution in [3.8, 4) is 0 Å². The molecule has 1 saturated heterocycles. The number of hydrogen-bond acceptors (Lipinski definition) is 4. The van der Waals surface area contributed by atoms with Crippen molar-refractivity contribution in [3.63, 3.8) is 0 Å². The molecule has 0 aliphatic carbocycles. The highest BCUT2D eigenvalue weighted by Gasteiger charge is 2.39. The fourth-order valence-corrected chi connectivity index (χ4v) is 6.89. The molecule has 1 aliphatic heterocycles. The minimum absolute atomic E-state index is 0.0230. The molecule has 9 heteroatoms. The largest absolute Gasteiger partial charge is 0.317 e. The average Bonchev–Trinajstić information content (AvgIpc) is 3.33. The number of carbonyl (C=O) groups excluding carboxylic acids is 1. The number of rotatable bonds is 4. The van der Waals surface area contributed by atoms with Crippen LogP contribution in [0.25, 0.3) is 10.2 Å². The van der Waals surface area contributed by atoms with Crippen molar-refractivity contribution in [2.24, 2.45) is 4.99 Å². The van der Waals surface area contributed by atoms with E-state index in [2.05, 4.69) is 17.1 Å². The van der Waals surface area contributed by atoms with Crippen LogP contribution in [0.15, 0.2) is 46.3 Å². The summed E-state index contributed by atoms with van der Waals surface area (Å²) >= 11 is 1.44. The molecule has 1 amide bonds. The molecular formula is C22H24FN3O3S2. The summed E-state index contributed by atoms with van der Waals surface area (Å²) in [5, 5.41) is 0. The smallest absolute Gasteiger partial charge is 0.266 e. The third kappa shape index (κ3) is 3.97. The van der Waals surface area contributed by atoms with E-state index >= 15 is 0 Å². The van der Waals surface area contributed by atoms with Gasteiger partial charge < -0.3 is 4.57 Å². The lowest BCUT2D eigenvalue weighted by atomic mass is 10.1. The van der Waals surface area contributed by atoms with Gasteiger partial charge in [-0.05, 0) is 75.1 Å². The van der Waals surface area contributed by atoms with Gasteiger partial charge in [0.15, 0.2) is 4.80 Å². The van der Waals surface area contributed by atoms with Crippen LogP contribution >= 0.6 is 11.3 Å². The van der Waals surface area contributed by atoms with Crippen LogP contribution < -0.4 is 4.80 Å². The Balaban J connectivity index is 1.73. The summed E-state index contributed by atoms with van der Waals surface area (Å²) in [6.07, 6.45) is 0.989. The van der Waals surface area contributed by atoms with E-state index in [1.165, 1.54) is 27.8 Å². The summed E-state index contributed by atoms with van der Waals surface area (Å²) in [6, 6.07) is 7.98. The number of aromatic nitrogens is 1. The Kier molecular flexibility index (Phi) is 5.85. The normalized spacial score (nSPS) is 18.2. The van der Waals surface area contributed by atoms with Crippen molar-refractivity contribution in [2.45, 2.75) is 51.1 Å². The Bertz CT molecular complexity index is 1320. The van der Waals surface area contributed by atoms with Crippen molar-refractivity contribution < 1.29 is 17.6 Å². The zero-order valence-electron chi connectivity index (χ0n) is 17.6. The van der Waals surface area contributed by atoms with E-state index in [0.29, 0.717) is 24.2 Å². The highest BCUT2D eigenvalue weighted by Crippen LogP contribution is 2.28. The van der Waals surface area contributed by atoms with Crippen molar-refractivity contribution in [3.05, 3.63) is 58.1 Å². The second kappa shape index (κ2) is 8.29. The number of hydrogen-bond donors (Lipinski definition) is 0. The summed E-state index contributed by atoms with van der Waals surface area (Å²) in [6.45, 7) is 6.95. The lowest BCUT2D eigenvalue weighted by Crippen LogP contribution is -2.40. The monoisotopic (exact) mass is 461 g/mol. The van der Waals surface area contributed by atoms with Crippen molar-refractivity contribution >= 4 is 37.5 Å². The molecule has 0 saturated carbocycles. The number of benzene rings is 2. The van der Waals surface area contributed by atoms with Gasteiger partial charge in [0, 0.05) is 13.1 Å². The predicted molar refractivity (Wildman–Crippen MR) is 119 cm³/mol. The summed E-state index contributed by atoms with van der Waals surface area (Å²) in [5.41, 5.74) is 3.28. The number of nitrogens with zero attached hydrogens (tertiary/aromatic N) is 3. The first-order valence-corrected chi connectivity index (χ1v) is 12.4. The summed E-state index contributed by atoms with van der Waals surface area (Å²) in [4.78, 5) is 18.0. The maximum absolute atomic E-state index is 13.2. The summed E-state index contributed by atoms with van der Waals surface area (Å²) in [7, 11) is -3.91. The van der Waals surface area contributed by atoms with Crippen LogP contribution in [0, 0.1) is 19.7 Å². The van der Waals surface area contributed by atoms with Crippen LogP contribution in [-0.2, 0) is 21.4 Å². The zero-order valence-corrected chi connectivity index (χ0v) is 19.3. The van der Waals surface area contributed by atoms with Gasteiger partial charge in [0.1, 0.15) is 11.9 Å². The van der Waals surface area contributed by atoms with E-state index < -0.39 is 27.8 Å². The van der Waals surface area contributed by atoms with Crippen LogP contribution in [0.5, 0.6) is 0 Å². The highest BCUT2D eigenvalue weighted by atomic mass is 32.2. The third-order valence-corrected chi connectivity index (χ3v) is 8.70. The molecule has 1 fully saturated rings. The molecule has 1 aromatic heterocycles. The van der Waals surface area contributed by atoms with Crippen molar-refractivity contribution in [1.29, 1.82) is 0 Å². The molecule has 0 radical (unpaired) electrons. The fraction of sp³-hybridized carbons (Fsp3) is 0.364. The minimum atomic E-state index is -3.91. The molecule has 0 N–H and O–H groups in total. The first-order chi connectivity index (χ1) is 14.7. The van der Waals surface area contributed by atoms with Gasteiger partial charge in [-0.3, -0.25) is 4.79 Å². The summed E-state index contributed by atoms with van der Waals surface area (Å²) < 4.78 is 43.6. The number of carbonyl (C=O) groups is 1. The molecule has 31 heavy (non-hydrogen) atoms. The van der Waals surface area contributed by atoms with E-state index in [4.69, 9.17) is 0 Å². The maximum atomic E-state index is 13.2. The molecule has 1 unspecified atom stereocenters. The lowest BCUT2D eigenvalue weighted by molar-refractivity contribution is -0.121. The SMILES string of the molecule is CCn1c(=NC(=O)C2CCCN2S(=O)(=O)c2ccc(F)cc2)sc2c(C)cc(C)cc21. The van der Waals surface area contributed by atoms with Crippen LogP contribution in [0.2, 0.25) is 0 Å². The van der Waals surface area contributed by atoms with E-state index in [-0.39, 0.29) is 11.4 Å². The van der Waals surface area contributed by atoms with Gasteiger partial charge in [0.05, 0.1) is 15.1 Å². The van der Waals surface area contributed by atoms with Gasteiger partial charge >= 0.3 is 0 Å².